The first-order chi connectivity index (χ1) is 8.34. The van der Waals surface area contributed by atoms with E-state index in [4.69, 9.17) is 10.5 Å². The molecule has 1 saturated carbocycles. The largest absolute Gasteiger partial charge is 0.493 e. The van der Waals surface area contributed by atoms with Gasteiger partial charge in [-0.15, -0.1) is 0 Å². The van der Waals surface area contributed by atoms with Crippen LogP contribution in [0.1, 0.15) is 49.3 Å². The minimum absolute atomic E-state index is 0.227. The molecule has 1 aromatic rings. The van der Waals surface area contributed by atoms with E-state index in [1.165, 1.54) is 36.8 Å². The molecule has 0 amide bonds. The Morgan fingerprint density at radius 3 is 2.82 bits per heavy atom. The van der Waals surface area contributed by atoms with E-state index in [0.717, 1.165) is 25.2 Å². The van der Waals surface area contributed by atoms with Crippen LogP contribution in [0.5, 0.6) is 5.75 Å². The SMILES string of the molecule is NC(c1ccc2c(c1)CCCO2)C1CCCC1. The highest BCUT2D eigenvalue weighted by molar-refractivity contribution is 5.39. The van der Waals surface area contributed by atoms with Crippen molar-refractivity contribution in [3.63, 3.8) is 0 Å². The van der Waals surface area contributed by atoms with Crippen LogP contribution >= 0.6 is 0 Å². The minimum atomic E-state index is 0.227. The molecule has 2 heteroatoms. The Morgan fingerprint density at radius 1 is 1.18 bits per heavy atom. The van der Waals surface area contributed by atoms with Gasteiger partial charge in [0.25, 0.3) is 0 Å². The average molecular weight is 231 g/mol. The second kappa shape index (κ2) is 4.69. The fourth-order valence-corrected chi connectivity index (χ4v) is 3.18. The van der Waals surface area contributed by atoms with E-state index >= 15 is 0 Å². The number of hydrogen-bond donors (Lipinski definition) is 1. The second-order valence-electron chi connectivity index (χ2n) is 5.39. The first-order valence-electron chi connectivity index (χ1n) is 6.86. The molecular weight excluding hydrogens is 210 g/mol. The van der Waals surface area contributed by atoms with E-state index in [2.05, 4.69) is 18.2 Å². The molecule has 1 aromatic carbocycles. The van der Waals surface area contributed by atoms with Crippen molar-refractivity contribution >= 4 is 0 Å². The van der Waals surface area contributed by atoms with Crippen molar-refractivity contribution in [2.75, 3.05) is 6.61 Å². The van der Waals surface area contributed by atoms with Crippen molar-refractivity contribution in [3.05, 3.63) is 29.3 Å². The average Bonchev–Trinajstić information content (AvgIpc) is 2.91. The molecule has 0 spiro atoms. The molecular formula is C15H21NO. The molecule has 1 aliphatic carbocycles. The van der Waals surface area contributed by atoms with Crippen LogP contribution in [0.2, 0.25) is 0 Å². The van der Waals surface area contributed by atoms with Crippen LogP contribution in [0.3, 0.4) is 0 Å². The summed E-state index contributed by atoms with van der Waals surface area (Å²) in [5, 5.41) is 0. The van der Waals surface area contributed by atoms with Crippen molar-refractivity contribution in [1.29, 1.82) is 0 Å². The number of hydrogen-bond acceptors (Lipinski definition) is 2. The van der Waals surface area contributed by atoms with Gasteiger partial charge in [-0.25, -0.2) is 0 Å². The van der Waals surface area contributed by atoms with Gasteiger partial charge in [0, 0.05) is 6.04 Å². The summed E-state index contributed by atoms with van der Waals surface area (Å²) in [5.41, 5.74) is 9.05. The van der Waals surface area contributed by atoms with Crippen molar-refractivity contribution < 1.29 is 4.74 Å². The molecule has 0 radical (unpaired) electrons. The summed E-state index contributed by atoms with van der Waals surface area (Å²) in [6.45, 7) is 0.862. The smallest absolute Gasteiger partial charge is 0.122 e. The molecule has 0 saturated heterocycles. The molecule has 2 aliphatic rings. The van der Waals surface area contributed by atoms with Crippen LogP contribution in [0.4, 0.5) is 0 Å². The maximum Gasteiger partial charge on any atom is 0.122 e. The lowest BCUT2D eigenvalue weighted by molar-refractivity contribution is 0.288. The van der Waals surface area contributed by atoms with Gasteiger partial charge in [0.1, 0.15) is 5.75 Å². The maximum absolute atomic E-state index is 6.39. The zero-order chi connectivity index (χ0) is 11.7. The van der Waals surface area contributed by atoms with Crippen molar-refractivity contribution in [3.8, 4) is 5.75 Å². The van der Waals surface area contributed by atoms with Gasteiger partial charge in [-0.2, -0.15) is 0 Å². The standard InChI is InChI=1S/C15H21NO/c16-15(11-4-1-2-5-11)13-7-8-14-12(10-13)6-3-9-17-14/h7-8,10-11,15H,1-6,9,16H2. The molecule has 0 aromatic heterocycles. The molecule has 1 unspecified atom stereocenters. The Balaban J connectivity index is 1.82. The molecule has 0 bridgehead atoms. The minimum Gasteiger partial charge on any atom is -0.493 e. The van der Waals surface area contributed by atoms with Crippen LogP contribution in [0.25, 0.3) is 0 Å². The van der Waals surface area contributed by atoms with Gasteiger partial charge in [0.05, 0.1) is 6.61 Å². The van der Waals surface area contributed by atoms with Gasteiger partial charge < -0.3 is 10.5 Å². The molecule has 92 valence electrons. The van der Waals surface area contributed by atoms with Gasteiger partial charge in [-0.3, -0.25) is 0 Å². The van der Waals surface area contributed by atoms with E-state index in [9.17, 15) is 0 Å². The zero-order valence-electron chi connectivity index (χ0n) is 10.3. The Bertz CT molecular complexity index is 396. The molecule has 2 N–H and O–H groups in total. The predicted octanol–water partition coefficient (Wildman–Crippen LogP) is 3.20. The summed E-state index contributed by atoms with van der Waals surface area (Å²) < 4.78 is 5.64. The Labute approximate surface area is 103 Å². The predicted molar refractivity (Wildman–Crippen MR) is 69.1 cm³/mol. The van der Waals surface area contributed by atoms with Crippen LogP contribution < -0.4 is 10.5 Å². The fraction of sp³-hybridized carbons (Fsp3) is 0.600. The first-order valence-corrected chi connectivity index (χ1v) is 6.86. The van der Waals surface area contributed by atoms with E-state index in [1.807, 2.05) is 0 Å². The molecule has 1 fully saturated rings. The highest BCUT2D eigenvalue weighted by Crippen LogP contribution is 2.36. The Morgan fingerprint density at radius 2 is 2.00 bits per heavy atom. The number of fused-ring (bicyclic) bond motifs is 1. The highest BCUT2D eigenvalue weighted by Gasteiger charge is 2.24. The van der Waals surface area contributed by atoms with E-state index in [-0.39, 0.29) is 6.04 Å². The lowest BCUT2D eigenvalue weighted by Crippen LogP contribution is -2.19. The van der Waals surface area contributed by atoms with E-state index in [1.54, 1.807) is 0 Å². The normalized spacial score (nSPS) is 21.9. The summed E-state index contributed by atoms with van der Waals surface area (Å²) in [5.74, 6) is 1.76. The monoisotopic (exact) mass is 231 g/mol. The summed E-state index contributed by atoms with van der Waals surface area (Å²) in [4.78, 5) is 0. The second-order valence-corrected chi connectivity index (χ2v) is 5.39. The number of benzene rings is 1. The molecule has 3 rings (SSSR count). The van der Waals surface area contributed by atoms with Crippen molar-refractivity contribution in [2.45, 2.75) is 44.6 Å². The van der Waals surface area contributed by atoms with Gasteiger partial charge in [0.15, 0.2) is 0 Å². The molecule has 1 heterocycles. The third-order valence-electron chi connectivity index (χ3n) is 4.23. The molecule has 1 aliphatic heterocycles. The van der Waals surface area contributed by atoms with Gasteiger partial charge in [0.2, 0.25) is 0 Å². The zero-order valence-corrected chi connectivity index (χ0v) is 10.3. The first kappa shape index (κ1) is 11.1. The van der Waals surface area contributed by atoms with Crippen molar-refractivity contribution in [2.24, 2.45) is 11.7 Å². The molecule has 1 atom stereocenters. The number of rotatable bonds is 2. The summed E-state index contributed by atoms with van der Waals surface area (Å²) in [6.07, 6.45) is 7.58. The highest BCUT2D eigenvalue weighted by atomic mass is 16.5. The number of aryl methyl sites for hydroxylation is 1. The third-order valence-corrected chi connectivity index (χ3v) is 4.23. The maximum atomic E-state index is 6.39. The lowest BCUT2D eigenvalue weighted by Gasteiger charge is -2.23. The van der Waals surface area contributed by atoms with Crippen LogP contribution in [0, 0.1) is 5.92 Å². The summed E-state index contributed by atoms with van der Waals surface area (Å²) >= 11 is 0. The van der Waals surface area contributed by atoms with Crippen LogP contribution in [-0.2, 0) is 6.42 Å². The van der Waals surface area contributed by atoms with Crippen molar-refractivity contribution in [1.82, 2.24) is 0 Å². The Kier molecular flexibility index (Phi) is 3.06. The Hall–Kier alpha value is -1.02. The van der Waals surface area contributed by atoms with E-state index in [0.29, 0.717) is 5.92 Å². The van der Waals surface area contributed by atoms with E-state index < -0.39 is 0 Å². The van der Waals surface area contributed by atoms with Gasteiger partial charge >= 0.3 is 0 Å². The fourth-order valence-electron chi connectivity index (χ4n) is 3.18. The summed E-state index contributed by atoms with van der Waals surface area (Å²) in [7, 11) is 0. The van der Waals surface area contributed by atoms with Crippen LogP contribution in [-0.4, -0.2) is 6.61 Å². The quantitative estimate of drug-likeness (QED) is 0.848. The molecule has 2 nitrogen and oxygen atoms in total. The van der Waals surface area contributed by atoms with Crippen LogP contribution in [0.15, 0.2) is 18.2 Å². The molecule has 17 heavy (non-hydrogen) atoms. The van der Waals surface area contributed by atoms with Gasteiger partial charge in [-0.05, 0) is 48.8 Å². The topological polar surface area (TPSA) is 35.2 Å². The van der Waals surface area contributed by atoms with Gasteiger partial charge in [-0.1, -0.05) is 25.0 Å². The third kappa shape index (κ3) is 2.19. The number of nitrogens with two attached hydrogens (primary N) is 1. The lowest BCUT2D eigenvalue weighted by atomic mass is 9.90. The number of ether oxygens (including phenoxy) is 1. The summed E-state index contributed by atoms with van der Waals surface area (Å²) in [6, 6.07) is 6.77.